The lowest BCUT2D eigenvalue weighted by Crippen LogP contribution is -2.39. The minimum atomic E-state index is -1.19. The molecule has 2 saturated heterocycles. The number of carbonyl (C=O) groups excluding carboxylic acids is 1. The number of piperidine rings is 1. The molecule has 4 aromatic rings. The van der Waals surface area contributed by atoms with E-state index in [0.717, 1.165) is 44.5 Å². The Morgan fingerprint density at radius 2 is 1.95 bits per heavy atom. The first-order chi connectivity index (χ1) is 21.3. The van der Waals surface area contributed by atoms with Crippen molar-refractivity contribution in [3.63, 3.8) is 0 Å². The number of nitrogens with zero attached hydrogens (tertiary/aromatic N) is 6. The molecule has 0 bridgehead atoms. The Morgan fingerprint density at radius 1 is 1.14 bits per heavy atom. The summed E-state index contributed by atoms with van der Waals surface area (Å²) in [6, 6.07) is 9.14. The lowest BCUT2D eigenvalue weighted by Gasteiger charge is -2.25. The predicted octanol–water partition coefficient (Wildman–Crippen LogP) is 4.73. The van der Waals surface area contributed by atoms with Crippen LogP contribution in [0.5, 0.6) is 11.5 Å². The van der Waals surface area contributed by atoms with Gasteiger partial charge in [-0.25, -0.2) is 23.4 Å². The number of nitrogens with one attached hydrogen (secondary N) is 1. The van der Waals surface area contributed by atoms with Gasteiger partial charge in [-0.05, 0) is 69.0 Å². The number of nitrogen functional groups attached to an aromatic ring is 1. The molecule has 10 nitrogen and oxygen atoms in total. The standard InChI is InChI=1S/C31H29F3N8O2/c32-23-4-1-5-25(27(23)34)44-21-6-7-22(24(33)14-21)28-26-29(36)38-17-39-30(26)42(40-28)16-20-3-2-12-41(20)31(43)19(15-35)13-18-8-10-37-11-9-18/h1,4-7,13-14,17-18,20,37H,2-3,8-12,16H2,(H2,36,38,39)/t20-/m1/s1. The number of halogens is 3. The van der Waals surface area contributed by atoms with Crippen LogP contribution < -0.4 is 15.8 Å². The third kappa shape index (κ3) is 5.68. The first-order valence-electron chi connectivity index (χ1n) is 14.4. The fourth-order valence-corrected chi connectivity index (χ4v) is 5.84. The molecule has 0 saturated carbocycles. The molecule has 6 rings (SSSR count). The second-order valence-corrected chi connectivity index (χ2v) is 10.9. The zero-order chi connectivity index (χ0) is 30.8. The molecule has 13 heteroatoms. The predicted molar refractivity (Wildman–Crippen MR) is 156 cm³/mol. The van der Waals surface area contributed by atoms with Gasteiger partial charge in [0, 0.05) is 18.2 Å². The van der Waals surface area contributed by atoms with Crippen molar-refractivity contribution >= 4 is 22.8 Å². The number of anilines is 1. The molecule has 0 unspecified atom stereocenters. The molecule has 4 heterocycles. The molecule has 1 amide bonds. The van der Waals surface area contributed by atoms with Crippen molar-refractivity contribution in [3.8, 4) is 28.8 Å². The van der Waals surface area contributed by atoms with Crippen LogP contribution in [0.4, 0.5) is 19.0 Å². The van der Waals surface area contributed by atoms with Crippen LogP contribution in [0.3, 0.4) is 0 Å². The van der Waals surface area contributed by atoms with Crippen LogP contribution in [0.25, 0.3) is 22.3 Å². The van der Waals surface area contributed by atoms with E-state index in [1.807, 2.05) is 0 Å². The maximum atomic E-state index is 15.5. The maximum absolute atomic E-state index is 15.5. The number of nitrogens with two attached hydrogens (primary N) is 1. The van der Waals surface area contributed by atoms with Crippen LogP contribution in [-0.4, -0.2) is 56.2 Å². The number of nitriles is 1. The number of allylic oxidation sites excluding steroid dienone is 1. The van der Waals surface area contributed by atoms with Gasteiger partial charge >= 0.3 is 0 Å². The van der Waals surface area contributed by atoms with Gasteiger partial charge in [-0.1, -0.05) is 12.1 Å². The van der Waals surface area contributed by atoms with E-state index in [1.54, 1.807) is 15.7 Å². The highest BCUT2D eigenvalue weighted by Crippen LogP contribution is 2.35. The van der Waals surface area contributed by atoms with Crippen LogP contribution in [-0.2, 0) is 11.3 Å². The quantitative estimate of drug-likeness (QED) is 0.229. The lowest BCUT2D eigenvalue weighted by molar-refractivity contribution is -0.127. The summed E-state index contributed by atoms with van der Waals surface area (Å²) in [7, 11) is 0. The SMILES string of the molecule is N#CC(=CC1CCNCC1)C(=O)N1CCC[C@@H]1Cn1nc(-c2ccc(Oc3cccc(F)c3F)cc2F)c2c(N)ncnc21. The summed E-state index contributed by atoms with van der Waals surface area (Å²) in [5.41, 5.74) is 6.96. The summed E-state index contributed by atoms with van der Waals surface area (Å²) in [4.78, 5) is 23.6. The van der Waals surface area contributed by atoms with E-state index in [-0.39, 0.29) is 58.6 Å². The maximum Gasteiger partial charge on any atom is 0.264 e. The smallest absolute Gasteiger partial charge is 0.264 e. The molecule has 226 valence electrons. The van der Waals surface area contributed by atoms with E-state index in [1.165, 1.54) is 30.6 Å². The third-order valence-corrected chi connectivity index (χ3v) is 8.06. The average Bonchev–Trinajstić information content (AvgIpc) is 3.64. The summed E-state index contributed by atoms with van der Waals surface area (Å²) in [6.45, 7) is 2.44. The summed E-state index contributed by atoms with van der Waals surface area (Å²) in [6.07, 6.45) is 6.27. The molecule has 2 aromatic carbocycles. The summed E-state index contributed by atoms with van der Waals surface area (Å²) in [5, 5.41) is 18.1. The van der Waals surface area contributed by atoms with Gasteiger partial charge in [0.25, 0.3) is 5.91 Å². The van der Waals surface area contributed by atoms with Crippen LogP contribution >= 0.6 is 0 Å². The van der Waals surface area contributed by atoms with Crippen LogP contribution in [0.15, 0.2) is 54.4 Å². The van der Waals surface area contributed by atoms with E-state index in [2.05, 4.69) is 26.5 Å². The molecule has 44 heavy (non-hydrogen) atoms. The second-order valence-electron chi connectivity index (χ2n) is 10.9. The third-order valence-electron chi connectivity index (χ3n) is 8.06. The number of fused-ring (bicyclic) bond motifs is 1. The number of rotatable bonds is 7. The summed E-state index contributed by atoms with van der Waals surface area (Å²) < 4.78 is 50.2. The van der Waals surface area contributed by atoms with E-state index in [9.17, 15) is 18.8 Å². The number of likely N-dealkylation sites (tertiary alicyclic amines) is 1. The van der Waals surface area contributed by atoms with Crippen LogP contribution in [0.2, 0.25) is 0 Å². The first-order valence-corrected chi connectivity index (χ1v) is 14.4. The highest BCUT2D eigenvalue weighted by molar-refractivity contribution is 5.99. The van der Waals surface area contributed by atoms with Crippen molar-refractivity contribution < 1.29 is 22.7 Å². The molecular weight excluding hydrogens is 573 g/mol. The topological polar surface area (TPSA) is 135 Å². The van der Waals surface area contributed by atoms with E-state index in [4.69, 9.17) is 10.5 Å². The van der Waals surface area contributed by atoms with Gasteiger partial charge < -0.3 is 20.7 Å². The fourth-order valence-electron chi connectivity index (χ4n) is 5.84. The zero-order valence-corrected chi connectivity index (χ0v) is 23.6. The number of hydrogen-bond acceptors (Lipinski definition) is 8. The second kappa shape index (κ2) is 12.3. The number of aromatic nitrogens is 4. The van der Waals surface area contributed by atoms with Crippen molar-refractivity contribution in [2.75, 3.05) is 25.4 Å². The largest absolute Gasteiger partial charge is 0.454 e. The number of benzene rings is 2. The average molecular weight is 603 g/mol. The van der Waals surface area contributed by atoms with Crippen LogP contribution in [0.1, 0.15) is 25.7 Å². The Balaban J connectivity index is 1.29. The highest BCUT2D eigenvalue weighted by atomic mass is 19.2. The molecule has 2 fully saturated rings. The van der Waals surface area contributed by atoms with Crippen LogP contribution in [0, 0.1) is 34.7 Å². The number of amides is 1. The van der Waals surface area contributed by atoms with Crippen molar-refractivity contribution in [1.82, 2.24) is 30.0 Å². The van der Waals surface area contributed by atoms with Gasteiger partial charge in [0.15, 0.2) is 17.2 Å². The molecule has 2 aliphatic rings. The van der Waals surface area contributed by atoms with E-state index < -0.39 is 17.5 Å². The Labute approximate surface area is 250 Å². The van der Waals surface area contributed by atoms with E-state index in [0.29, 0.717) is 24.0 Å². The minimum absolute atomic E-state index is 0.0466. The first kappa shape index (κ1) is 29.1. The normalized spacial score (nSPS) is 17.6. The van der Waals surface area contributed by atoms with Gasteiger partial charge in [0.05, 0.1) is 18.0 Å². The molecule has 0 spiro atoms. The minimum Gasteiger partial charge on any atom is -0.454 e. The fraction of sp³-hybridized carbons (Fsp3) is 0.323. The number of carbonyl (C=O) groups is 1. The zero-order valence-electron chi connectivity index (χ0n) is 23.6. The van der Waals surface area contributed by atoms with E-state index >= 15 is 4.39 Å². The molecule has 3 N–H and O–H groups in total. The Kier molecular flexibility index (Phi) is 8.17. The Hall–Kier alpha value is -4.96. The lowest BCUT2D eigenvalue weighted by atomic mass is 9.95. The van der Waals surface area contributed by atoms with Gasteiger partial charge in [0.2, 0.25) is 5.82 Å². The van der Waals surface area contributed by atoms with Gasteiger partial charge in [-0.3, -0.25) is 4.79 Å². The van der Waals surface area contributed by atoms with Gasteiger partial charge in [-0.15, -0.1) is 0 Å². The summed E-state index contributed by atoms with van der Waals surface area (Å²) >= 11 is 0. The Morgan fingerprint density at radius 3 is 2.73 bits per heavy atom. The molecular formula is C31H29F3N8O2. The van der Waals surface area contributed by atoms with Crippen molar-refractivity contribution in [1.29, 1.82) is 5.26 Å². The Bertz CT molecular complexity index is 1790. The molecule has 0 aliphatic carbocycles. The molecule has 1 atom stereocenters. The van der Waals surface area contributed by atoms with Gasteiger partial charge in [-0.2, -0.15) is 14.8 Å². The summed E-state index contributed by atoms with van der Waals surface area (Å²) in [5.74, 6) is -3.49. The van der Waals surface area contributed by atoms with Gasteiger partial charge in [0.1, 0.15) is 41.0 Å². The number of ether oxygens (including phenoxy) is 1. The molecule has 2 aromatic heterocycles. The molecule has 2 aliphatic heterocycles. The number of hydrogen-bond donors (Lipinski definition) is 2. The van der Waals surface area contributed by atoms with Crippen molar-refractivity contribution in [3.05, 3.63) is 71.8 Å². The molecule has 0 radical (unpaired) electrons. The monoisotopic (exact) mass is 602 g/mol. The van der Waals surface area contributed by atoms with Crippen molar-refractivity contribution in [2.24, 2.45) is 5.92 Å². The van der Waals surface area contributed by atoms with Crippen molar-refractivity contribution in [2.45, 2.75) is 38.3 Å². The highest BCUT2D eigenvalue weighted by Gasteiger charge is 2.33.